The second kappa shape index (κ2) is 9.98. The van der Waals surface area contributed by atoms with Crippen LogP contribution < -0.4 is 10.6 Å². The van der Waals surface area contributed by atoms with Crippen LogP contribution in [0, 0.1) is 0 Å². The molecule has 3 amide bonds. The number of aromatic nitrogens is 2. The van der Waals surface area contributed by atoms with Crippen LogP contribution in [0.15, 0.2) is 60.8 Å². The highest BCUT2D eigenvalue weighted by Gasteiger charge is 2.33. The number of nitrogens with one attached hydrogen (secondary N) is 2. The number of benzene rings is 2. The molecule has 4 rings (SSSR count). The number of amides is 3. The Morgan fingerprint density at radius 2 is 1.38 bits per heavy atom. The Morgan fingerprint density at radius 3 is 1.94 bits per heavy atom. The first-order chi connectivity index (χ1) is 16.3. The van der Waals surface area contributed by atoms with E-state index in [1.807, 2.05) is 4.90 Å². The van der Waals surface area contributed by atoms with E-state index in [1.165, 1.54) is 30.5 Å². The summed E-state index contributed by atoms with van der Waals surface area (Å²) in [7, 11) is 0. The molecule has 0 spiro atoms. The van der Waals surface area contributed by atoms with Gasteiger partial charge in [0.15, 0.2) is 5.69 Å². The summed E-state index contributed by atoms with van der Waals surface area (Å²) in [6, 6.07) is 13.6. The van der Waals surface area contributed by atoms with Gasteiger partial charge >= 0.3 is 12.2 Å². The highest BCUT2D eigenvalue weighted by molar-refractivity contribution is 6.04. The van der Waals surface area contributed by atoms with Gasteiger partial charge in [-0.3, -0.25) is 4.79 Å². The van der Waals surface area contributed by atoms with Gasteiger partial charge in [0.1, 0.15) is 0 Å². The molecule has 1 aliphatic rings. The number of carbonyl (C=O) groups excluding carboxylic acids is 2. The van der Waals surface area contributed by atoms with Crippen LogP contribution in [0.4, 0.5) is 29.3 Å². The van der Waals surface area contributed by atoms with E-state index in [2.05, 4.69) is 15.7 Å². The minimum absolute atomic E-state index is 0.127. The van der Waals surface area contributed by atoms with Gasteiger partial charge in [0, 0.05) is 36.2 Å². The van der Waals surface area contributed by atoms with Gasteiger partial charge < -0.3 is 15.5 Å². The summed E-state index contributed by atoms with van der Waals surface area (Å²) in [4.78, 5) is 26.8. The van der Waals surface area contributed by atoms with Gasteiger partial charge in [0.2, 0.25) is 0 Å². The number of likely N-dealkylation sites (tertiary alicyclic amines) is 1. The van der Waals surface area contributed by atoms with Crippen LogP contribution in [0.2, 0.25) is 0 Å². The third-order valence-corrected chi connectivity index (χ3v) is 5.56. The van der Waals surface area contributed by atoms with Crippen molar-refractivity contribution >= 4 is 23.3 Å². The van der Waals surface area contributed by atoms with Crippen molar-refractivity contribution in [3.05, 3.63) is 72.1 Å². The number of nitrogens with zero attached hydrogens (tertiary/aromatic N) is 3. The van der Waals surface area contributed by atoms with E-state index < -0.39 is 11.9 Å². The van der Waals surface area contributed by atoms with E-state index in [9.17, 15) is 22.8 Å². The number of anilines is 2. The van der Waals surface area contributed by atoms with Crippen LogP contribution in [0.3, 0.4) is 0 Å². The molecule has 1 saturated heterocycles. The molecule has 0 atom stereocenters. The molecule has 1 fully saturated rings. The number of carbonyl (C=O) groups is 2. The van der Waals surface area contributed by atoms with E-state index in [1.54, 1.807) is 24.3 Å². The van der Waals surface area contributed by atoms with Crippen molar-refractivity contribution in [2.24, 2.45) is 0 Å². The fraction of sp³-hybridized carbons (Fsp3) is 0.292. The third-order valence-electron chi connectivity index (χ3n) is 5.56. The molecule has 34 heavy (non-hydrogen) atoms. The van der Waals surface area contributed by atoms with Crippen molar-refractivity contribution in [1.29, 1.82) is 0 Å². The molecule has 2 N–H and O–H groups in total. The van der Waals surface area contributed by atoms with Crippen molar-refractivity contribution < 1.29 is 22.8 Å². The van der Waals surface area contributed by atoms with E-state index in [0.717, 1.165) is 49.5 Å². The number of alkyl halides is 3. The van der Waals surface area contributed by atoms with Gasteiger partial charge in [-0.2, -0.15) is 18.3 Å². The molecule has 3 aromatic rings. The highest BCUT2D eigenvalue weighted by atomic mass is 19.4. The minimum atomic E-state index is -4.52. The van der Waals surface area contributed by atoms with E-state index in [4.69, 9.17) is 0 Å². The van der Waals surface area contributed by atoms with E-state index in [0.29, 0.717) is 22.6 Å². The SMILES string of the molecule is O=C(Nc1ccc(NC(=O)N2CCCCCC2)cc1)c1ccc(-n2ccc(C(F)(F)F)n2)cc1. The maximum atomic E-state index is 12.7. The molecule has 0 bridgehead atoms. The van der Waals surface area contributed by atoms with Crippen molar-refractivity contribution in [2.45, 2.75) is 31.9 Å². The normalized spacial score (nSPS) is 14.4. The summed E-state index contributed by atoms with van der Waals surface area (Å²) >= 11 is 0. The Hall–Kier alpha value is -3.82. The summed E-state index contributed by atoms with van der Waals surface area (Å²) in [6.45, 7) is 1.51. The van der Waals surface area contributed by atoms with Crippen molar-refractivity contribution in [3.8, 4) is 5.69 Å². The highest BCUT2D eigenvalue weighted by Crippen LogP contribution is 2.28. The first kappa shape index (κ1) is 23.3. The smallest absolute Gasteiger partial charge is 0.325 e. The molecule has 10 heteroatoms. The maximum absolute atomic E-state index is 12.7. The summed E-state index contributed by atoms with van der Waals surface area (Å²) < 4.78 is 39.3. The minimum Gasteiger partial charge on any atom is -0.325 e. The zero-order chi connectivity index (χ0) is 24.1. The lowest BCUT2D eigenvalue weighted by Crippen LogP contribution is -2.35. The number of halogens is 3. The van der Waals surface area contributed by atoms with Crippen LogP contribution in [0.5, 0.6) is 0 Å². The average molecular weight is 471 g/mol. The molecular weight excluding hydrogens is 447 g/mol. The quantitative estimate of drug-likeness (QED) is 0.524. The Morgan fingerprint density at radius 1 is 0.794 bits per heavy atom. The molecule has 0 radical (unpaired) electrons. The summed E-state index contributed by atoms with van der Waals surface area (Å²) in [5.74, 6) is -0.371. The van der Waals surface area contributed by atoms with E-state index in [-0.39, 0.29) is 11.9 Å². The van der Waals surface area contributed by atoms with E-state index >= 15 is 0 Å². The molecule has 2 aromatic carbocycles. The number of urea groups is 1. The van der Waals surface area contributed by atoms with Crippen LogP contribution >= 0.6 is 0 Å². The molecule has 0 aliphatic carbocycles. The third kappa shape index (κ3) is 5.75. The number of hydrogen-bond donors (Lipinski definition) is 2. The lowest BCUT2D eigenvalue weighted by Gasteiger charge is -2.20. The summed E-state index contributed by atoms with van der Waals surface area (Å²) in [5, 5.41) is 9.16. The van der Waals surface area contributed by atoms with Gasteiger partial charge in [-0.15, -0.1) is 0 Å². The summed E-state index contributed by atoms with van der Waals surface area (Å²) in [5.41, 5.74) is 0.931. The zero-order valence-electron chi connectivity index (χ0n) is 18.3. The lowest BCUT2D eigenvalue weighted by atomic mass is 10.2. The molecular formula is C24H24F3N5O2. The predicted molar refractivity (Wildman–Crippen MR) is 122 cm³/mol. The second-order valence-electron chi connectivity index (χ2n) is 8.05. The lowest BCUT2D eigenvalue weighted by molar-refractivity contribution is -0.141. The van der Waals surface area contributed by atoms with Crippen molar-refractivity contribution in [2.75, 3.05) is 23.7 Å². The van der Waals surface area contributed by atoms with Gasteiger partial charge in [0.25, 0.3) is 5.91 Å². The molecule has 2 heterocycles. The average Bonchev–Trinajstić information content (AvgIpc) is 3.17. The number of hydrogen-bond acceptors (Lipinski definition) is 3. The topological polar surface area (TPSA) is 79.3 Å². The van der Waals surface area contributed by atoms with Crippen LogP contribution in [-0.4, -0.2) is 39.7 Å². The van der Waals surface area contributed by atoms with Gasteiger partial charge in [-0.05, 0) is 67.4 Å². The summed E-state index contributed by atoms with van der Waals surface area (Å²) in [6.07, 6.45) is 1.000. The van der Waals surface area contributed by atoms with Gasteiger partial charge in [0.05, 0.1) is 5.69 Å². The molecule has 1 aliphatic heterocycles. The van der Waals surface area contributed by atoms with Crippen LogP contribution in [0.1, 0.15) is 41.7 Å². The molecule has 7 nitrogen and oxygen atoms in total. The largest absolute Gasteiger partial charge is 0.435 e. The fourth-order valence-corrected chi connectivity index (χ4v) is 3.70. The molecule has 178 valence electrons. The van der Waals surface area contributed by atoms with Gasteiger partial charge in [-0.25, -0.2) is 9.48 Å². The molecule has 0 unspecified atom stereocenters. The Labute approximate surface area is 194 Å². The molecule has 1 aromatic heterocycles. The van der Waals surface area contributed by atoms with Crippen LogP contribution in [0.25, 0.3) is 5.69 Å². The number of rotatable bonds is 4. The maximum Gasteiger partial charge on any atom is 0.435 e. The van der Waals surface area contributed by atoms with Gasteiger partial charge in [-0.1, -0.05) is 12.8 Å². The monoisotopic (exact) mass is 471 g/mol. The fourth-order valence-electron chi connectivity index (χ4n) is 3.70. The Bertz CT molecular complexity index is 1130. The zero-order valence-corrected chi connectivity index (χ0v) is 18.3. The van der Waals surface area contributed by atoms with Crippen molar-refractivity contribution in [1.82, 2.24) is 14.7 Å². The standard InChI is InChI=1S/C24H24F3N5O2/c25-24(26,27)21-13-16-32(30-21)20-11-5-17(6-12-20)22(33)28-18-7-9-19(10-8-18)29-23(34)31-14-3-1-2-4-15-31/h5-13,16H,1-4,14-15H2,(H,28,33)(H,29,34). The molecule has 0 saturated carbocycles. The first-order valence-corrected chi connectivity index (χ1v) is 11.0. The Balaban J connectivity index is 1.34. The Kier molecular flexibility index (Phi) is 6.85. The predicted octanol–water partition coefficient (Wildman–Crippen LogP) is 5.55. The second-order valence-corrected chi connectivity index (χ2v) is 8.05. The van der Waals surface area contributed by atoms with Crippen molar-refractivity contribution in [3.63, 3.8) is 0 Å². The van der Waals surface area contributed by atoms with Crippen LogP contribution in [-0.2, 0) is 6.18 Å². The first-order valence-electron chi connectivity index (χ1n) is 11.0.